The van der Waals surface area contributed by atoms with Gasteiger partial charge in [-0.15, -0.1) is 0 Å². The molecule has 126 valence electrons. The van der Waals surface area contributed by atoms with Crippen molar-refractivity contribution in [3.05, 3.63) is 0 Å². The van der Waals surface area contributed by atoms with Gasteiger partial charge in [0.1, 0.15) is 0 Å². The van der Waals surface area contributed by atoms with Crippen LogP contribution >= 0.6 is 11.8 Å². The summed E-state index contributed by atoms with van der Waals surface area (Å²) in [6.45, 7) is 7.72. The molecule has 0 aromatic carbocycles. The zero-order valence-corrected chi connectivity index (χ0v) is 14.7. The second-order valence-electron chi connectivity index (χ2n) is 6.68. The van der Waals surface area contributed by atoms with E-state index < -0.39 is 0 Å². The number of urea groups is 1. The third-order valence-electron chi connectivity index (χ3n) is 5.04. The van der Waals surface area contributed by atoms with E-state index in [2.05, 4.69) is 36.3 Å². The molecule has 4 atom stereocenters. The van der Waals surface area contributed by atoms with Crippen molar-refractivity contribution in [3.63, 3.8) is 0 Å². The largest absolute Gasteiger partial charge is 0.335 e. The van der Waals surface area contributed by atoms with Gasteiger partial charge in [-0.25, -0.2) is 4.79 Å². The Hall–Kier alpha value is -0.750. The molecule has 1 saturated carbocycles. The number of carbonyl (C=O) groups is 2. The van der Waals surface area contributed by atoms with Crippen LogP contribution in [0.3, 0.4) is 0 Å². The molecule has 0 spiro atoms. The highest BCUT2D eigenvalue weighted by atomic mass is 32.2. The summed E-state index contributed by atoms with van der Waals surface area (Å²) >= 11 is 1.94. The summed E-state index contributed by atoms with van der Waals surface area (Å²) in [5, 5.41) is 5.98. The zero-order valence-electron chi connectivity index (χ0n) is 13.9. The van der Waals surface area contributed by atoms with Gasteiger partial charge < -0.3 is 5.32 Å². The summed E-state index contributed by atoms with van der Waals surface area (Å²) in [5.74, 6) is 1.34. The minimum absolute atomic E-state index is 0.201. The first-order valence-corrected chi connectivity index (χ1v) is 9.48. The molecule has 2 fully saturated rings. The van der Waals surface area contributed by atoms with Gasteiger partial charge in [0.05, 0.1) is 6.54 Å². The Bertz CT molecular complexity index is 405. The van der Waals surface area contributed by atoms with Gasteiger partial charge in [-0.2, -0.15) is 11.8 Å². The van der Waals surface area contributed by atoms with Gasteiger partial charge in [0, 0.05) is 29.6 Å². The van der Waals surface area contributed by atoms with E-state index in [0.717, 1.165) is 31.6 Å². The lowest BCUT2D eigenvalue weighted by atomic mass is 9.86. The molecular weight excluding hydrogens is 298 g/mol. The van der Waals surface area contributed by atoms with Crippen molar-refractivity contribution >= 4 is 23.7 Å². The highest BCUT2D eigenvalue weighted by molar-refractivity contribution is 8.00. The van der Waals surface area contributed by atoms with Gasteiger partial charge in [0.25, 0.3) is 0 Å². The molecule has 0 aromatic rings. The molecule has 1 aliphatic carbocycles. The lowest BCUT2D eigenvalue weighted by molar-refractivity contribution is -0.121. The smallest absolute Gasteiger partial charge is 0.321 e. The van der Waals surface area contributed by atoms with Crippen molar-refractivity contribution in [1.82, 2.24) is 15.5 Å². The maximum absolute atomic E-state index is 12.1. The van der Waals surface area contributed by atoms with E-state index in [-0.39, 0.29) is 18.0 Å². The molecule has 2 N–H and O–H groups in total. The second kappa shape index (κ2) is 8.20. The molecule has 0 bridgehead atoms. The van der Waals surface area contributed by atoms with Crippen LogP contribution in [0, 0.1) is 5.92 Å². The molecule has 4 unspecified atom stereocenters. The van der Waals surface area contributed by atoms with Gasteiger partial charge in [-0.05, 0) is 25.7 Å². The van der Waals surface area contributed by atoms with E-state index >= 15 is 0 Å². The quantitative estimate of drug-likeness (QED) is 0.834. The van der Waals surface area contributed by atoms with Crippen molar-refractivity contribution in [3.8, 4) is 0 Å². The highest BCUT2D eigenvalue weighted by Crippen LogP contribution is 2.24. The number of hydrogen-bond donors (Lipinski definition) is 2. The molecule has 0 aromatic heterocycles. The van der Waals surface area contributed by atoms with Crippen LogP contribution in [0.2, 0.25) is 0 Å². The van der Waals surface area contributed by atoms with Crippen LogP contribution in [0.15, 0.2) is 0 Å². The van der Waals surface area contributed by atoms with E-state index in [0.29, 0.717) is 23.8 Å². The summed E-state index contributed by atoms with van der Waals surface area (Å²) in [6, 6.07) is 0.230. The SMILES string of the molecule is CC1CCCCC1NC(=O)NC(=O)CN1CCSC(C)C1C. The fourth-order valence-corrected chi connectivity index (χ4v) is 4.47. The summed E-state index contributed by atoms with van der Waals surface area (Å²) in [4.78, 5) is 26.2. The molecule has 22 heavy (non-hydrogen) atoms. The predicted molar refractivity (Wildman–Crippen MR) is 91.0 cm³/mol. The van der Waals surface area contributed by atoms with Crippen molar-refractivity contribution < 1.29 is 9.59 Å². The summed E-state index contributed by atoms with van der Waals surface area (Å²) in [6.07, 6.45) is 4.56. The molecule has 6 heteroatoms. The first-order valence-electron chi connectivity index (χ1n) is 8.43. The van der Waals surface area contributed by atoms with Crippen LogP contribution in [0.5, 0.6) is 0 Å². The van der Waals surface area contributed by atoms with Gasteiger partial charge in [0.15, 0.2) is 0 Å². The number of nitrogens with one attached hydrogen (secondary N) is 2. The average molecular weight is 327 g/mol. The van der Waals surface area contributed by atoms with Crippen LogP contribution < -0.4 is 10.6 Å². The van der Waals surface area contributed by atoms with E-state index in [9.17, 15) is 9.59 Å². The zero-order chi connectivity index (χ0) is 16.1. The number of nitrogens with zero attached hydrogens (tertiary/aromatic N) is 1. The monoisotopic (exact) mass is 327 g/mol. The second-order valence-corrected chi connectivity index (χ2v) is 8.16. The van der Waals surface area contributed by atoms with E-state index in [1.807, 2.05) is 11.8 Å². The van der Waals surface area contributed by atoms with Gasteiger partial charge >= 0.3 is 6.03 Å². The van der Waals surface area contributed by atoms with E-state index in [4.69, 9.17) is 0 Å². The molecular formula is C16H29N3O2S. The number of imide groups is 1. The van der Waals surface area contributed by atoms with Crippen LogP contribution in [-0.2, 0) is 4.79 Å². The Morgan fingerprint density at radius 2 is 1.91 bits per heavy atom. The Labute approximate surface area is 138 Å². The van der Waals surface area contributed by atoms with Crippen molar-refractivity contribution in [2.75, 3.05) is 18.8 Å². The molecule has 0 radical (unpaired) electrons. The van der Waals surface area contributed by atoms with Crippen molar-refractivity contribution in [2.24, 2.45) is 5.92 Å². The highest BCUT2D eigenvalue weighted by Gasteiger charge is 2.28. The Kier molecular flexibility index (Phi) is 6.56. The summed E-state index contributed by atoms with van der Waals surface area (Å²) in [7, 11) is 0. The Morgan fingerprint density at radius 1 is 1.18 bits per heavy atom. The molecule has 5 nitrogen and oxygen atoms in total. The predicted octanol–water partition coefficient (Wildman–Crippen LogP) is 2.22. The van der Waals surface area contributed by atoms with Gasteiger partial charge in [-0.1, -0.05) is 26.7 Å². The van der Waals surface area contributed by atoms with Crippen molar-refractivity contribution in [1.29, 1.82) is 0 Å². The number of rotatable bonds is 3. The fourth-order valence-electron chi connectivity index (χ4n) is 3.30. The van der Waals surface area contributed by atoms with Crippen LogP contribution in [0.25, 0.3) is 0 Å². The fraction of sp³-hybridized carbons (Fsp3) is 0.875. The molecule has 3 amide bonds. The van der Waals surface area contributed by atoms with Crippen molar-refractivity contribution in [2.45, 2.75) is 63.8 Å². The lowest BCUT2D eigenvalue weighted by Gasteiger charge is -2.36. The topological polar surface area (TPSA) is 61.4 Å². The first kappa shape index (κ1) is 17.6. The first-order chi connectivity index (χ1) is 10.5. The van der Waals surface area contributed by atoms with E-state index in [1.165, 1.54) is 6.42 Å². The number of carbonyl (C=O) groups excluding carboxylic acids is 2. The van der Waals surface area contributed by atoms with E-state index in [1.54, 1.807) is 0 Å². The molecule has 1 saturated heterocycles. The minimum atomic E-state index is -0.337. The summed E-state index contributed by atoms with van der Waals surface area (Å²) < 4.78 is 0. The van der Waals surface area contributed by atoms with Gasteiger partial charge in [-0.3, -0.25) is 15.0 Å². The molecule has 1 aliphatic heterocycles. The average Bonchev–Trinajstić information content (AvgIpc) is 2.46. The Balaban J connectivity index is 1.75. The molecule has 1 heterocycles. The van der Waals surface area contributed by atoms with Crippen LogP contribution in [0.1, 0.15) is 46.5 Å². The lowest BCUT2D eigenvalue weighted by Crippen LogP contribution is -2.52. The third kappa shape index (κ3) is 4.88. The van der Waals surface area contributed by atoms with Crippen LogP contribution in [-0.4, -0.2) is 53.0 Å². The number of amides is 3. The van der Waals surface area contributed by atoms with Gasteiger partial charge in [0.2, 0.25) is 5.91 Å². The molecule has 2 rings (SSSR count). The van der Waals surface area contributed by atoms with Crippen LogP contribution in [0.4, 0.5) is 4.79 Å². The maximum Gasteiger partial charge on any atom is 0.321 e. The number of hydrogen-bond acceptors (Lipinski definition) is 4. The number of thioether (sulfide) groups is 1. The minimum Gasteiger partial charge on any atom is -0.335 e. The normalized spacial score (nSPS) is 33.2. The summed E-state index contributed by atoms with van der Waals surface area (Å²) in [5.41, 5.74) is 0. The third-order valence-corrected chi connectivity index (χ3v) is 6.38. The Morgan fingerprint density at radius 3 is 2.64 bits per heavy atom. The standard InChI is InChI=1S/C16H29N3O2S/c1-11-6-4-5-7-14(11)17-16(21)18-15(20)10-19-8-9-22-13(3)12(19)2/h11-14H,4-10H2,1-3H3,(H2,17,18,20,21). The molecule has 2 aliphatic rings. The maximum atomic E-state index is 12.1.